The second kappa shape index (κ2) is 9.95. The van der Waals surface area contributed by atoms with Crippen molar-refractivity contribution in [1.82, 2.24) is 19.9 Å². The highest BCUT2D eigenvalue weighted by Gasteiger charge is 2.01. The highest BCUT2D eigenvalue weighted by Crippen LogP contribution is 2.26. The molecule has 0 amide bonds. The number of nitrogens with zero attached hydrogens (tertiary/aromatic N) is 3. The van der Waals surface area contributed by atoms with Crippen LogP contribution in [0.1, 0.15) is 0 Å². The Morgan fingerprint density at radius 3 is 2.15 bits per heavy atom. The zero-order chi connectivity index (χ0) is 20.2. The van der Waals surface area contributed by atoms with E-state index < -0.39 is 8.26 Å². The quantitative estimate of drug-likeness (QED) is 0.151. The van der Waals surface area contributed by atoms with Crippen molar-refractivity contribution in [2.45, 2.75) is 0 Å². The first kappa shape index (κ1) is 23.0. The van der Waals surface area contributed by atoms with Crippen molar-refractivity contribution in [1.29, 1.82) is 0 Å². The minimum atomic E-state index is -3.72. The summed E-state index contributed by atoms with van der Waals surface area (Å²) in [5.41, 5.74) is 1.74. The summed E-state index contributed by atoms with van der Waals surface area (Å²) in [4.78, 5) is 14.8. The van der Waals surface area contributed by atoms with Crippen LogP contribution in [0.5, 0.6) is 0 Å². The number of rotatable bonds is 0. The Bertz CT molecular complexity index is 1230. The highest BCUT2D eigenvalue weighted by atomic mass is 36.0. The number of thiazole rings is 2. The Morgan fingerprint density at radius 2 is 1.52 bits per heavy atom. The average Bonchev–Trinajstić information content (AvgIpc) is 3.06. The van der Waals surface area contributed by atoms with Crippen molar-refractivity contribution < 1.29 is 8.42 Å². The van der Waals surface area contributed by atoms with Crippen LogP contribution in [-0.2, 0) is 8.26 Å². The summed E-state index contributed by atoms with van der Waals surface area (Å²) in [6, 6.07) is 3.55. The van der Waals surface area contributed by atoms with E-state index in [-0.39, 0.29) is 0 Å². The van der Waals surface area contributed by atoms with E-state index in [0.717, 1.165) is 24.4 Å². The van der Waals surface area contributed by atoms with Gasteiger partial charge in [-0.15, -0.1) is 22.7 Å². The number of nitrogens with one attached hydrogen (secondary N) is 1. The molecule has 4 aromatic heterocycles. The number of aromatic nitrogens is 4. The third kappa shape index (κ3) is 8.30. The van der Waals surface area contributed by atoms with E-state index in [1.807, 2.05) is 0 Å². The van der Waals surface area contributed by atoms with Crippen LogP contribution >= 0.6 is 91.1 Å². The SMILES string of the molecule is Clc1cc2sc(Cl)nc2cn1.O=S(=O)(Cl)Cl.S=c1[nH]c2cnc(Cl)cc2s1. The molecule has 144 valence electrons. The van der Waals surface area contributed by atoms with E-state index >= 15 is 0 Å². The minimum absolute atomic E-state index is 0.470. The lowest BCUT2D eigenvalue weighted by Gasteiger charge is -1.86. The Hall–Kier alpha value is -0.300. The van der Waals surface area contributed by atoms with Crippen molar-refractivity contribution in [2.24, 2.45) is 0 Å². The maximum atomic E-state index is 9.16. The van der Waals surface area contributed by atoms with E-state index in [9.17, 15) is 0 Å². The fraction of sp³-hybridized carbons (Fsp3) is 0. The molecule has 4 rings (SSSR count). The zero-order valence-electron chi connectivity index (χ0n) is 12.5. The van der Waals surface area contributed by atoms with Crippen LogP contribution < -0.4 is 0 Å². The second-order valence-corrected chi connectivity index (χ2v) is 12.1. The predicted molar refractivity (Wildman–Crippen MR) is 118 cm³/mol. The van der Waals surface area contributed by atoms with Crippen molar-refractivity contribution >= 4 is 120 Å². The summed E-state index contributed by atoms with van der Waals surface area (Å²) >= 11 is 24.8. The fourth-order valence-electron chi connectivity index (χ4n) is 1.61. The number of fused-ring (bicyclic) bond motifs is 2. The number of aromatic amines is 1. The van der Waals surface area contributed by atoms with Crippen LogP contribution in [0.3, 0.4) is 0 Å². The van der Waals surface area contributed by atoms with Crippen LogP contribution in [0.4, 0.5) is 0 Å². The Labute approximate surface area is 190 Å². The van der Waals surface area contributed by atoms with Crippen molar-refractivity contribution in [3.63, 3.8) is 0 Å². The minimum Gasteiger partial charge on any atom is -0.336 e. The molecule has 0 spiro atoms. The summed E-state index contributed by atoms with van der Waals surface area (Å²) in [5.74, 6) is 0. The summed E-state index contributed by atoms with van der Waals surface area (Å²) in [5, 5.41) is 0.973. The smallest absolute Gasteiger partial charge is 0.317 e. The van der Waals surface area contributed by atoms with Gasteiger partial charge in [0.2, 0.25) is 0 Å². The molecule has 0 saturated heterocycles. The third-order valence-corrected chi connectivity index (χ3v) is 5.22. The standard InChI is InChI=1S/C6H2Cl2N2S.C6H3ClN2S2.Cl2O2S/c7-5-1-4-3(2-9-5)10-6(8)11-4;7-5-1-4-3(2-8-5)9-6(10)11-4;1-5(2,3)4/h1-2H;1-2H,(H,9,10);. The first-order chi connectivity index (χ1) is 12.5. The molecule has 0 bridgehead atoms. The Morgan fingerprint density at radius 1 is 0.963 bits per heavy atom. The molecule has 0 unspecified atom stereocenters. The van der Waals surface area contributed by atoms with Gasteiger partial charge in [-0.2, -0.15) is 8.42 Å². The van der Waals surface area contributed by atoms with E-state index in [0.29, 0.717) is 14.8 Å². The van der Waals surface area contributed by atoms with Gasteiger partial charge in [0.05, 0.1) is 27.3 Å². The van der Waals surface area contributed by atoms with Crippen LogP contribution in [0.2, 0.25) is 14.8 Å². The zero-order valence-corrected chi connectivity index (χ0v) is 19.5. The predicted octanol–water partition coefficient (Wildman–Crippen LogP) is 6.71. The van der Waals surface area contributed by atoms with E-state index in [2.05, 4.69) is 41.3 Å². The summed E-state index contributed by atoms with van der Waals surface area (Å²) in [7, 11) is 4.81. The van der Waals surface area contributed by atoms with Crippen LogP contribution in [0.15, 0.2) is 24.5 Å². The van der Waals surface area contributed by atoms with Gasteiger partial charge in [0.1, 0.15) is 15.8 Å². The third-order valence-electron chi connectivity index (χ3n) is 2.49. The van der Waals surface area contributed by atoms with Gasteiger partial charge in [-0.1, -0.05) is 34.8 Å². The van der Waals surface area contributed by atoms with Gasteiger partial charge in [0, 0.05) is 21.4 Å². The van der Waals surface area contributed by atoms with Gasteiger partial charge >= 0.3 is 8.26 Å². The maximum absolute atomic E-state index is 9.16. The van der Waals surface area contributed by atoms with Gasteiger partial charge in [0.25, 0.3) is 0 Å². The summed E-state index contributed by atoms with van der Waals surface area (Å²) in [6.07, 6.45) is 3.30. The van der Waals surface area contributed by atoms with Crippen molar-refractivity contribution in [2.75, 3.05) is 0 Å². The molecule has 0 saturated carbocycles. The average molecular weight is 543 g/mol. The van der Waals surface area contributed by atoms with Gasteiger partial charge < -0.3 is 4.98 Å². The molecule has 15 heteroatoms. The highest BCUT2D eigenvalue weighted by molar-refractivity contribution is 8.31. The molecule has 6 nitrogen and oxygen atoms in total. The molecule has 4 aromatic rings. The van der Waals surface area contributed by atoms with Gasteiger partial charge in [-0.3, -0.25) is 0 Å². The normalized spacial score (nSPS) is 10.9. The Balaban J connectivity index is 0.000000157. The number of H-pyrrole nitrogens is 1. The fourth-order valence-corrected chi connectivity index (χ4v) is 4.22. The van der Waals surface area contributed by atoms with Crippen LogP contribution in [0.25, 0.3) is 20.4 Å². The summed E-state index contributed by atoms with van der Waals surface area (Å²) in [6.45, 7) is 0. The molecule has 1 N–H and O–H groups in total. The number of halogens is 5. The summed E-state index contributed by atoms with van der Waals surface area (Å²) < 4.78 is 21.6. The van der Waals surface area contributed by atoms with Crippen molar-refractivity contribution in [3.8, 4) is 0 Å². The lowest BCUT2D eigenvalue weighted by atomic mass is 10.5. The number of hydrogen-bond donors (Lipinski definition) is 1. The number of hydrogen-bond acceptors (Lipinski definition) is 8. The van der Waals surface area contributed by atoms with E-state index in [4.69, 9.17) is 55.4 Å². The van der Waals surface area contributed by atoms with Crippen molar-refractivity contribution in [3.05, 3.63) is 43.3 Å². The molecule has 0 atom stereocenters. The van der Waals surface area contributed by atoms with Gasteiger partial charge in [0.15, 0.2) is 8.42 Å². The molecule has 0 fully saturated rings. The topological polar surface area (TPSA) is 88.6 Å². The molecule has 0 aliphatic carbocycles. The first-order valence-corrected chi connectivity index (χ1v) is 12.7. The number of pyridine rings is 2. The Kier molecular flexibility index (Phi) is 8.47. The molecular weight excluding hydrogens is 538 g/mol. The van der Waals surface area contributed by atoms with Gasteiger partial charge in [-0.05, 0) is 24.4 Å². The molecular formula is C12H5Cl5N4O2S4. The monoisotopic (exact) mass is 540 g/mol. The molecule has 0 aliphatic heterocycles. The van der Waals surface area contributed by atoms with E-state index in [1.165, 1.54) is 22.7 Å². The maximum Gasteiger partial charge on any atom is 0.317 e. The molecule has 27 heavy (non-hydrogen) atoms. The molecule has 0 aliphatic rings. The first-order valence-electron chi connectivity index (χ1n) is 6.37. The van der Waals surface area contributed by atoms with Gasteiger partial charge in [-0.25, -0.2) is 15.0 Å². The lowest BCUT2D eigenvalue weighted by molar-refractivity contribution is 0.621. The largest absolute Gasteiger partial charge is 0.336 e. The molecule has 0 radical (unpaired) electrons. The lowest BCUT2D eigenvalue weighted by Crippen LogP contribution is -1.72. The second-order valence-electron chi connectivity index (χ2n) is 4.34. The van der Waals surface area contributed by atoms with E-state index in [1.54, 1.807) is 24.5 Å². The van der Waals surface area contributed by atoms with Crippen LogP contribution in [0, 0.1) is 3.95 Å². The molecule has 4 heterocycles. The van der Waals surface area contributed by atoms with Crippen LogP contribution in [-0.4, -0.2) is 28.4 Å². The molecule has 0 aromatic carbocycles.